The number of carbonyl (C=O) groups excluding carboxylic acids is 1. The van der Waals surface area contributed by atoms with Crippen LogP contribution in [0, 0.1) is 10.1 Å². The van der Waals surface area contributed by atoms with E-state index >= 15 is 0 Å². The van der Waals surface area contributed by atoms with E-state index in [1.165, 1.54) is 12.1 Å². The zero-order valence-electron chi connectivity index (χ0n) is 10.0. The average molecular weight is 278 g/mol. The fourth-order valence-electron chi connectivity index (χ4n) is 1.57. The Bertz CT molecular complexity index is 624. The molecule has 7 heteroatoms. The maximum atomic E-state index is 11.7. The van der Waals surface area contributed by atoms with E-state index in [9.17, 15) is 14.9 Å². The number of hydrogen-bond donors (Lipinski definition) is 0. The molecule has 98 valence electrons. The molecule has 0 saturated carbocycles. The molecule has 0 aliphatic carbocycles. The number of nitro groups is 1. The van der Waals surface area contributed by atoms with Crippen molar-refractivity contribution in [3.05, 3.63) is 45.3 Å². The SMILES string of the molecule is CCOC(=O)c1csnc1-c1cccc([N+](=O)[O-])c1. The summed E-state index contributed by atoms with van der Waals surface area (Å²) in [5.74, 6) is -0.474. The number of non-ortho nitro benzene ring substituents is 1. The first-order valence-corrected chi connectivity index (χ1v) is 6.33. The second kappa shape index (κ2) is 5.57. The summed E-state index contributed by atoms with van der Waals surface area (Å²) < 4.78 is 9.03. The minimum Gasteiger partial charge on any atom is -0.462 e. The lowest BCUT2D eigenvalue weighted by molar-refractivity contribution is -0.384. The third-order valence-corrected chi connectivity index (χ3v) is 3.02. The van der Waals surface area contributed by atoms with Crippen LogP contribution in [0.5, 0.6) is 0 Å². The van der Waals surface area contributed by atoms with Gasteiger partial charge >= 0.3 is 5.97 Å². The van der Waals surface area contributed by atoms with Gasteiger partial charge in [0.2, 0.25) is 0 Å². The normalized spacial score (nSPS) is 10.2. The Kier molecular flexibility index (Phi) is 3.86. The van der Waals surface area contributed by atoms with E-state index < -0.39 is 10.9 Å². The van der Waals surface area contributed by atoms with Gasteiger partial charge in [-0.3, -0.25) is 10.1 Å². The first-order chi connectivity index (χ1) is 9.13. The first-order valence-electron chi connectivity index (χ1n) is 5.49. The molecule has 0 bridgehead atoms. The van der Waals surface area contributed by atoms with Gasteiger partial charge in [-0.2, -0.15) is 4.37 Å². The summed E-state index contributed by atoms with van der Waals surface area (Å²) in [4.78, 5) is 22.0. The van der Waals surface area contributed by atoms with Crippen LogP contribution < -0.4 is 0 Å². The maximum Gasteiger partial charge on any atom is 0.341 e. The van der Waals surface area contributed by atoms with Gasteiger partial charge in [-0.15, -0.1) is 0 Å². The zero-order valence-corrected chi connectivity index (χ0v) is 10.8. The lowest BCUT2D eigenvalue weighted by Crippen LogP contribution is -2.05. The molecule has 19 heavy (non-hydrogen) atoms. The van der Waals surface area contributed by atoms with Crippen LogP contribution in [-0.4, -0.2) is 21.9 Å². The van der Waals surface area contributed by atoms with Gasteiger partial charge in [0.25, 0.3) is 5.69 Å². The van der Waals surface area contributed by atoms with Crippen LogP contribution in [0.3, 0.4) is 0 Å². The molecule has 0 atom stereocenters. The predicted molar refractivity (Wildman–Crippen MR) is 70.2 cm³/mol. The topological polar surface area (TPSA) is 82.3 Å². The smallest absolute Gasteiger partial charge is 0.341 e. The monoisotopic (exact) mass is 278 g/mol. The van der Waals surface area contributed by atoms with Crippen LogP contribution >= 0.6 is 11.5 Å². The van der Waals surface area contributed by atoms with Crippen LogP contribution in [0.2, 0.25) is 0 Å². The molecule has 0 unspecified atom stereocenters. The molecule has 0 spiro atoms. The van der Waals surface area contributed by atoms with E-state index in [1.54, 1.807) is 24.4 Å². The first kappa shape index (κ1) is 13.2. The lowest BCUT2D eigenvalue weighted by atomic mass is 10.1. The highest BCUT2D eigenvalue weighted by molar-refractivity contribution is 7.04. The number of nitro benzene ring substituents is 1. The van der Waals surface area contributed by atoms with Crippen molar-refractivity contribution in [1.29, 1.82) is 0 Å². The van der Waals surface area contributed by atoms with Crippen molar-refractivity contribution >= 4 is 23.2 Å². The molecule has 2 aromatic rings. The Labute approximate surface area is 113 Å². The van der Waals surface area contributed by atoms with E-state index in [4.69, 9.17) is 4.74 Å². The molecule has 1 aromatic carbocycles. The quantitative estimate of drug-likeness (QED) is 0.488. The van der Waals surface area contributed by atoms with Crippen molar-refractivity contribution < 1.29 is 14.5 Å². The molecule has 1 aromatic heterocycles. The standard InChI is InChI=1S/C12H10N2O4S/c1-2-18-12(15)10-7-19-13-11(10)8-4-3-5-9(6-8)14(16)17/h3-7H,2H2,1H3. The van der Waals surface area contributed by atoms with Gasteiger partial charge < -0.3 is 4.74 Å². The summed E-state index contributed by atoms with van der Waals surface area (Å²) in [6.45, 7) is 1.98. The van der Waals surface area contributed by atoms with Crippen molar-refractivity contribution in [2.45, 2.75) is 6.92 Å². The van der Waals surface area contributed by atoms with Gasteiger partial charge in [0.05, 0.1) is 22.8 Å². The van der Waals surface area contributed by atoms with Crippen molar-refractivity contribution in [2.75, 3.05) is 6.61 Å². The van der Waals surface area contributed by atoms with Gasteiger partial charge in [-0.05, 0) is 18.5 Å². The highest BCUT2D eigenvalue weighted by Gasteiger charge is 2.18. The Morgan fingerprint density at radius 2 is 2.32 bits per heavy atom. The van der Waals surface area contributed by atoms with Gasteiger partial charge in [0.1, 0.15) is 0 Å². The summed E-state index contributed by atoms with van der Waals surface area (Å²) in [5, 5.41) is 12.3. The van der Waals surface area contributed by atoms with Crippen molar-refractivity contribution in [2.24, 2.45) is 0 Å². The molecule has 6 nitrogen and oxygen atoms in total. The van der Waals surface area contributed by atoms with Gasteiger partial charge in [-0.25, -0.2) is 4.79 Å². The molecule has 0 radical (unpaired) electrons. The van der Waals surface area contributed by atoms with Crippen LogP contribution in [-0.2, 0) is 4.74 Å². The summed E-state index contributed by atoms with van der Waals surface area (Å²) in [5.41, 5.74) is 1.22. The Morgan fingerprint density at radius 1 is 1.53 bits per heavy atom. The number of nitrogens with zero attached hydrogens (tertiary/aromatic N) is 2. The molecule has 1 heterocycles. The van der Waals surface area contributed by atoms with Crippen LogP contribution in [0.15, 0.2) is 29.6 Å². The van der Waals surface area contributed by atoms with E-state index in [0.29, 0.717) is 16.8 Å². The average Bonchev–Trinajstić information content (AvgIpc) is 2.88. The van der Waals surface area contributed by atoms with Crippen molar-refractivity contribution in [1.82, 2.24) is 4.37 Å². The van der Waals surface area contributed by atoms with Gasteiger partial charge in [0, 0.05) is 23.1 Å². The molecular formula is C12H10N2O4S. The number of ether oxygens (including phenoxy) is 1. The lowest BCUT2D eigenvalue weighted by Gasteiger charge is -2.02. The minimum absolute atomic E-state index is 0.0414. The molecule has 0 fully saturated rings. The fourth-order valence-corrected chi connectivity index (χ4v) is 2.24. The third kappa shape index (κ3) is 2.76. The second-order valence-electron chi connectivity index (χ2n) is 3.60. The number of carbonyl (C=O) groups is 1. The number of rotatable bonds is 4. The second-order valence-corrected chi connectivity index (χ2v) is 4.23. The van der Waals surface area contributed by atoms with Gasteiger partial charge in [0.15, 0.2) is 0 Å². The molecule has 0 N–H and O–H groups in total. The van der Waals surface area contributed by atoms with Crippen LogP contribution in [0.1, 0.15) is 17.3 Å². The van der Waals surface area contributed by atoms with Crippen molar-refractivity contribution in [3.63, 3.8) is 0 Å². The Hall–Kier alpha value is -2.28. The largest absolute Gasteiger partial charge is 0.462 e. The molecular weight excluding hydrogens is 268 g/mol. The highest BCUT2D eigenvalue weighted by atomic mass is 32.1. The number of benzene rings is 1. The molecule has 2 rings (SSSR count). The Balaban J connectivity index is 2.42. The number of hydrogen-bond acceptors (Lipinski definition) is 6. The van der Waals surface area contributed by atoms with E-state index in [2.05, 4.69) is 4.37 Å². The predicted octanol–water partition coefficient (Wildman–Crippen LogP) is 2.90. The third-order valence-electron chi connectivity index (χ3n) is 2.40. The van der Waals surface area contributed by atoms with Crippen molar-refractivity contribution in [3.8, 4) is 11.3 Å². The Morgan fingerprint density at radius 3 is 3.00 bits per heavy atom. The summed E-state index contributed by atoms with van der Waals surface area (Å²) in [7, 11) is 0. The van der Waals surface area contributed by atoms with Crippen LogP contribution in [0.4, 0.5) is 5.69 Å². The molecule has 0 aliphatic heterocycles. The minimum atomic E-state index is -0.486. The number of esters is 1. The molecule has 0 saturated heterocycles. The van der Waals surface area contributed by atoms with E-state index in [0.717, 1.165) is 11.5 Å². The van der Waals surface area contributed by atoms with Gasteiger partial charge in [-0.1, -0.05) is 12.1 Å². The van der Waals surface area contributed by atoms with E-state index in [-0.39, 0.29) is 12.3 Å². The summed E-state index contributed by atoms with van der Waals surface area (Å²) >= 11 is 1.11. The highest BCUT2D eigenvalue weighted by Crippen LogP contribution is 2.27. The molecule has 0 aliphatic rings. The summed E-state index contributed by atoms with van der Waals surface area (Å²) in [6, 6.07) is 6.00. The van der Waals surface area contributed by atoms with E-state index in [1.807, 2.05) is 0 Å². The number of aromatic nitrogens is 1. The summed E-state index contributed by atoms with van der Waals surface area (Å²) in [6.07, 6.45) is 0. The zero-order chi connectivity index (χ0) is 13.8. The molecule has 0 amide bonds. The van der Waals surface area contributed by atoms with Crippen LogP contribution in [0.25, 0.3) is 11.3 Å². The maximum absolute atomic E-state index is 11.7. The fraction of sp³-hybridized carbons (Fsp3) is 0.167.